The first kappa shape index (κ1) is 45.8. The van der Waals surface area contributed by atoms with E-state index in [1.165, 1.54) is 0 Å². The Labute approximate surface area is 322 Å². The number of rotatable bonds is 31. The molecule has 2 aliphatic heterocycles. The summed E-state index contributed by atoms with van der Waals surface area (Å²) >= 11 is 0. The van der Waals surface area contributed by atoms with Gasteiger partial charge in [0.2, 0.25) is 11.8 Å². The van der Waals surface area contributed by atoms with Gasteiger partial charge in [0.05, 0.1) is 123 Å². The molecule has 0 aliphatic carbocycles. The summed E-state index contributed by atoms with van der Waals surface area (Å²) in [6.07, 6.45) is 0.163. The van der Waals surface area contributed by atoms with E-state index in [1.807, 2.05) is 0 Å². The predicted molar refractivity (Wildman–Crippen MR) is 195 cm³/mol. The van der Waals surface area contributed by atoms with Crippen molar-refractivity contribution in [3.8, 4) is 0 Å². The van der Waals surface area contributed by atoms with Crippen molar-refractivity contribution in [1.82, 2.24) is 10.2 Å². The third kappa shape index (κ3) is 18.3. The number of hydrogen-bond acceptors (Lipinski definition) is 16. The van der Waals surface area contributed by atoms with Crippen LogP contribution in [-0.2, 0) is 61.8 Å². The summed E-state index contributed by atoms with van der Waals surface area (Å²) in [5.74, 6) is -2.58. The van der Waals surface area contributed by atoms with Gasteiger partial charge in [0.15, 0.2) is 0 Å². The average molecular weight is 784 g/mol. The largest absolute Gasteiger partial charge is 0.458 e. The van der Waals surface area contributed by atoms with Crippen molar-refractivity contribution in [1.29, 1.82) is 0 Å². The van der Waals surface area contributed by atoms with Crippen LogP contribution >= 0.6 is 0 Å². The Morgan fingerprint density at radius 3 is 1.58 bits per heavy atom. The molecule has 0 bridgehead atoms. The fourth-order valence-corrected chi connectivity index (χ4v) is 5.21. The monoisotopic (exact) mass is 783 g/mol. The summed E-state index contributed by atoms with van der Waals surface area (Å²) in [5, 5.41) is 5.32. The zero-order valence-electron chi connectivity index (χ0n) is 32.2. The quantitative estimate of drug-likeness (QED) is 0.0612. The summed E-state index contributed by atoms with van der Waals surface area (Å²) in [7, 11) is 0. The van der Waals surface area contributed by atoms with Gasteiger partial charge >= 0.3 is 5.97 Å². The maximum Gasteiger partial charge on any atom is 0.332 e. The fraction of sp³-hybridized carbons (Fsp3) is 0.703. The molecule has 4 amide bonds. The van der Waals surface area contributed by atoms with E-state index in [0.29, 0.717) is 125 Å². The van der Waals surface area contributed by atoms with Crippen LogP contribution in [0.4, 0.5) is 5.69 Å². The zero-order chi connectivity index (χ0) is 39.7. The lowest BCUT2D eigenvalue weighted by molar-refractivity contribution is -0.160. The predicted octanol–water partition coefficient (Wildman–Crippen LogP) is 0.991. The highest BCUT2D eigenvalue weighted by molar-refractivity contribution is 6.25. The highest BCUT2D eigenvalue weighted by atomic mass is 16.6. The summed E-state index contributed by atoms with van der Waals surface area (Å²) in [5.41, 5.74) is 0.369. The van der Waals surface area contributed by atoms with Gasteiger partial charge in [-0.15, -0.1) is 0 Å². The molecule has 1 fully saturated rings. The summed E-state index contributed by atoms with van der Waals surface area (Å²) < 4.78 is 54.2. The van der Waals surface area contributed by atoms with E-state index < -0.39 is 41.2 Å². The second-order valence-corrected chi connectivity index (χ2v) is 13.1. The van der Waals surface area contributed by atoms with Gasteiger partial charge in [-0.3, -0.25) is 29.4 Å². The van der Waals surface area contributed by atoms with Crippen LogP contribution in [0, 0.1) is 0 Å². The molecule has 1 aromatic rings. The minimum Gasteiger partial charge on any atom is -0.458 e. The minimum absolute atomic E-state index is 0.0625. The highest BCUT2D eigenvalue weighted by Gasteiger charge is 2.45. The number of benzene rings is 1. The number of fused-ring (bicyclic) bond motifs is 1. The topological polar surface area (TPSA) is 205 Å². The molecule has 2 N–H and O–H groups in total. The third-order valence-electron chi connectivity index (χ3n) is 7.65. The third-order valence-corrected chi connectivity index (χ3v) is 7.65. The van der Waals surface area contributed by atoms with E-state index in [4.69, 9.17) is 47.4 Å². The first-order valence-corrected chi connectivity index (χ1v) is 18.6. The number of amides is 4. The zero-order valence-corrected chi connectivity index (χ0v) is 32.2. The van der Waals surface area contributed by atoms with Crippen molar-refractivity contribution in [2.45, 2.75) is 45.3 Å². The maximum atomic E-state index is 13.1. The Kier molecular flexibility index (Phi) is 21.9. The number of hydrogen-bond donors (Lipinski definition) is 2. The molecule has 0 spiro atoms. The second kappa shape index (κ2) is 26.3. The standard InChI is InChI=1S/C37H57N3O15/c1-37(2,3)55-32(42)27-54-26-25-53-24-23-52-22-21-51-20-19-50-18-17-49-16-15-48-14-13-47-12-11-46-10-9-38-29-6-4-5-28-33(29)36(45)40(35(28)44)30-7-8-31(41)39-34(30)43/h4-6,30,38H,7-27H2,1-3H3,(H,39,41,43). The number of nitrogens with one attached hydrogen (secondary N) is 2. The Morgan fingerprint density at radius 2 is 1.13 bits per heavy atom. The van der Waals surface area contributed by atoms with E-state index in [2.05, 4.69) is 10.6 Å². The Hall–Kier alpha value is -3.59. The Balaban J connectivity index is 1.02. The molecule has 1 atom stereocenters. The SMILES string of the molecule is CC(C)(C)OC(=O)COCCOCCOCCOCCOCCOCCOCCOCCOCCNc1cccc2c1C(=O)N(C1CCC(=O)NC1=O)C2=O. The number of esters is 1. The van der Waals surface area contributed by atoms with Crippen LogP contribution in [0.2, 0.25) is 0 Å². The van der Waals surface area contributed by atoms with E-state index in [1.54, 1.807) is 39.0 Å². The first-order chi connectivity index (χ1) is 26.6. The van der Waals surface area contributed by atoms with Gasteiger partial charge in [0.1, 0.15) is 18.2 Å². The van der Waals surface area contributed by atoms with Crippen molar-refractivity contribution >= 4 is 35.3 Å². The first-order valence-electron chi connectivity index (χ1n) is 18.6. The normalized spacial score (nSPS) is 15.8. The number of anilines is 1. The molecule has 0 saturated carbocycles. The van der Waals surface area contributed by atoms with Crippen LogP contribution in [0.3, 0.4) is 0 Å². The van der Waals surface area contributed by atoms with Crippen molar-refractivity contribution < 1.29 is 71.3 Å². The highest BCUT2D eigenvalue weighted by Crippen LogP contribution is 2.32. The lowest BCUT2D eigenvalue weighted by Gasteiger charge is -2.27. The van der Waals surface area contributed by atoms with Crippen molar-refractivity contribution in [2.24, 2.45) is 0 Å². The number of nitrogens with zero attached hydrogens (tertiary/aromatic N) is 1. The summed E-state index contributed by atoms with van der Waals surface area (Å²) in [6.45, 7) is 12.7. The maximum absolute atomic E-state index is 13.1. The smallest absolute Gasteiger partial charge is 0.332 e. The number of carbonyl (C=O) groups is 5. The van der Waals surface area contributed by atoms with E-state index in [9.17, 15) is 24.0 Å². The number of piperidine rings is 1. The lowest BCUT2D eigenvalue weighted by atomic mass is 10.0. The van der Waals surface area contributed by atoms with Gasteiger partial charge in [-0.1, -0.05) is 6.07 Å². The van der Waals surface area contributed by atoms with Crippen LogP contribution in [-0.4, -0.2) is 172 Å². The lowest BCUT2D eigenvalue weighted by Crippen LogP contribution is -2.54. The van der Waals surface area contributed by atoms with Crippen molar-refractivity contribution in [3.05, 3.63) is 29.3 Å². The molecule has 1 aromatic carbocycles. The van der Waals surface area contributed by atoms with Gasteiger partial charge in [-0.05, 0) is 39.3 Å². The fourth-order valence-electron chi connectivity index (χ4n) is 5.21. The molecular formula is C37H57N3O15. The van der Waals surface area contributed by atoms with Crippen LogP contribution in [0.25, 0.3) is 0 Å². The van der Waals surface area contributed by atoms with Crippen molar-refractivity contribution in [3.63, 3.8) is 0 Å². The molecule has 310 valence electrons. The Bertz CT molecular complexity index is 1340. The molecule has 0 radical (unpaired) electrons. The van der Waals surface area contributed by atoms with Crippen LogP contribution in [0.1, 0.15) is 54.3 Å². The van der Waals surface area contributed by atoms with E-state index in [-0.39, 0.29) is 30.6 Å². The average Bonchev–Trinajstić information content (AvgIpc) is 3.39. The van der Waals surface area contributed by atoms with E-state index >= 15 is 0 Å². The van der Waals surface area contributed by atoms with Crippen LogP contribution < -0.4 is 10.6 Å². The summed E-state index contributed by atoms with van der Waals surface area (Å²) in [4.78, 5) is 62.4. The molecule has 0 aromatic heterocycles. The molecule has 18 heteroatoms. The Morgan fingerprint density at radius 1 is 0.673 bits per heavy atom. The molecule has 3 rings (SSSR count). The molecule has 1 unspecified atom stereocenters. The van der Waals surface area contributed by atoms with Gasteiger partial charge < -0.3 is 52.7 Å². The molecule has 55 heavy (non-hydrogen) atoms. The molecule has 2 heterocycles. The van der Waals surface area contributed by atoms with Gasteiger partial charge in [-0.2, -0.15) is 0 Å². The summed E-state index contributed by atoms with van der Waals surface area (Å²) in [6, 6.07) is 3.89. The van der Waals surface area contributed by atoms with Gasteiger partial charge in [0.25, 0.3) is 11.8 Å². The van der Waals surface area contributed by atoms with Crippen LogP contribution in [0.5, 0.6) is 0 Å². The molecule has 18 nitrogen and oxygen atoms in total. The number of ether oxygens (including phenoxy) is 10. The molecule has 1 saturated heterocycles. The van der Waals surface area contributed by atoms with E-state index in [0.717, 1.165) is 4.90 Å². The minimum atomic E-state index is -1.01. The molecule has 2 aliphatic rings. The van der Waals surface area contributed by atoms with Crippen molar-refractivity contribution in [2.75, 3.05) is 131 Å². The van der Waals surface area contributed by atoms with Gasteiger partial charge in [-0.25, -0.2) is 4.79 Å². The number of carbonyl (C=O) groups excluding carboxylic acids is 5. The van der Waals surface area contributed by atoms with Crippen LogP contribution in [0.15, 0.2) is 18.2 Å². The second-order valence-electron chi connectivity index (χ2n) is 13.1. The number of imide groups is 2. The molecular weight excluding hydrogens is 726 g/mol. The van der Waals surface area contributed by atoms with Gasteiger partial charge in [0, 0.05) is 18.7 Å².